The number of sulfone groups is 1. The smallest absolute Gasteiger partial charge is 0.261 e. The molecule has 0 bridgehead atoms. The fourth-order valence-corrected chi connectivity index (χ4v) is 4.67. The number of ether oxygens (including phenoxy) is 1. The minimum absolute atomic E-state index is 0.0346. The highest BCUT2D eigenvalue weighted by atomic mass is 32.2. The number of hydrogen-bond donors (Lipinski definition) is 2. The molecule has 4 rings (SSSR count). The molecule has 0 aliphatic carbocycles. The monoisotopic (exact) mass is 458 g/mol. The molecule has 2 aromatic rings. The molecule has 2 aliphatic rings. The summed E-state index contributed by atoms with van der Waals surface area (Å²) in [6, 6.07) is 7.76. The van der Waals surface area contributed by atoms with Crippen molar-refractivity contribution in [1.29, 1.82) is 0 Å². The molecule has 2 aromatic carbocycles. The number of rotatable bonds is 6. The first-order valence-electron chi connectivity index (χ1n) is 10.2. The van der Waals surface area contributed by atoms with E-state index in [2.05, 4.69) is 5.32 Å². The largest absolute Gasteiger partial charge is 0.506 e. The molecule has 1 fully saturated rings. The molecule has 32 heavy (non-hydrogen) atoms. The molecule has 2 aliphatic heterocycles. The maximum absolute atomic E-state index is 12.8. The Morgan fingerprint density at radius 1 is 1.16 bits per heavy atom. The third-order valence-electron chi connectivity index (χ3n) is 5.60. The first kappa shape index (κ1) is 22.0. The van der Waals surface area contributed by atoms with E-state index in [1.165, 1.54) is 43.3 Å². The van der Waals surface area contributed by atoms with E-state index in [4.69, 9.17) is 4.74 Å². The average Bonchev–Trinajstić information content (AvgIpc) is 3.38. The lowest BCUT2D eigenvalue weighted by Gasteiger charge is -2.17. The Balaban J connectivity index is 1.56. The highest BCUT2D eigenvalue weighted by Crippen LogP contribution is 2.29. The Hall–Kier alpha value is -3.24. The average molecular weight is 458 g/mol. The van der Waals surface area contributed by atoms with Gasteiger partial charge in [0.25, 0.3) is 17.7 Å². The van der Waals surface area contributed by atoms with Crippen molar-refractivity contribution in [3.8, 4) is 5.75 Å². The van der Waals surface area contributed by atoms with Crippen LogP contribution in [0.3, 0.4) is 0 Å². The number of phenols is 1. The Kier molecular flexibility index (Phi) is 5.74. The van der Waals surface area contributed by atoms with E-state index in [9.17, 15) is 27.9 Å². The number of phenolic OH excluding ortho intramolecular Hbond substituents is 1. The number of hydrogen-bond acceptors (Lipinski definition) is 7. The molecule has 1 atom stereocenters. The quantitative estimate of drug-likeness (QED) is 0.501. The molecule has 2 heterocycles. The van der Waals surface area contributed by atoms with E-state index >= 15 is 0 Å². The van der Waals surface area contributed by atoms with Crippen molar-refractivity contribution in [3.05, 3.63) is 53.1 Å². The van der Waals surface area contributed by atoms with Gasteiger partial charge in [-0.3, -0.25) is 19.3 Å². The summed E-state index contributed by atoms with van der Waals surface area (Å²) in [5.74, 6) is -2.01. The lowest BCUT2D eigenvalue weighted by Crippen LogP contribution is -2.36. The van der Waals surface area contributed by atoms with Crippen molar-refractivity contribution >= 4 is 33.2 Å². The summed E-state index contributed by atoms with van der Waals surface area (Å²) in [5.41, 5.74) is 0.343. The van der Waals surface area contributed by atoms with Gasteiger partial charge in [0.2, 0.25) is 0 Å². The minimum atomic E-state index is -3.54. The molecule has 0 aromatic heterocycles. The van der Waals surface area contributed by atoms with E-state index in [0.717, 1.165) is 17.7 Å². The Morgan fingerprint density at radius 2 is 1.91 bits per heavy atom. The van der Waals surface area contributed by atoms with Crippen LogP contribution >= 0.6 is 0 Å². The molecule has 0 radical (unpaired) electrons. The maximum Gasteiger partial charge on any atom is 0.261 e. The number of imide groups is 1. The van der Waals surface area contributed by atoms with Gasteiger partial charge >= 0.3 is 0 Å². The molecule has 1 saturated heterocycles. The molecule has 10 heteroatoms. The van der Waals surface area contributed by atoms with Gasteiger partial charge in [-0.1, -0.05) is 6.92 Å². The zero-order valence-corrected chi connectivity index (χ0v) is 18.1. The third-order valence-corrected chi connectivity index (χ3v) is 7.33. The number of carbonyl (C=O) groups is 3. The zero-order chi connectivity index (χ0) is 23.0. The van der Waals surface area contributed by atoms with Crippen molar-refractivity contribution in [3.63, 3.8) is 0 Å². The molecule has 3 amide bonds. The summed E-state index contributed by atoms with van der Waals surface area (Å²) < 4.78 is 29.7. The molecule has 9 nitrogen and oxygen atoms in total. The van der Waals surface area contributed by atoms with E-state index in [1.807, 2.05) is 0 Å². The first-order valence-corrected chi connectivity index (χ1v) is 11.9. The van der Waals surface area contributed by atoms with Crippen LogP contribution < -0.4 is 5.32 Å². The van der Waals surface area contributed by atoms with Gasteiger partial charge in [0, 0.05) is 12.2 Å². The zero-order valence-electron chi connectivity index (χ0n) is 17.3. The van der Waals surface area contributed by atoms with Crippen LogP contribution in [0, 0.1) is 0 Å². The number of nitrogens with one attached hydrogen (secondary N) is 1. The molecule has 0 spiro atoms. The van der Waals surface area contributed by atoms with Crippen LogP contribution in [-0.2, 0) is 14.6 Å². The fourth-order valence-electron chi connectivity index (χ4n) is 3.76. The van der Waals surface area contributed by atoms with Crippen LogP contribution in [0.1, 0.15) is 50.8 Å². The van der Waals surface area contributed by atoms with Crippen LogP contribution in [0.15, 0.2) is 41.3 Å². The second-order valence-corrected chi connectivity index (χ2v) is 9.93. The van der Waals surface area contributed by atoms with Crippen molar-refractivity contribution in [2.45, 2.75) is 30.8 Å². The van der Waals surface area contributed by atoms with E-state index in [1.54, 1.807) is 0 Å². The summed E-state index contributed by atoms with van der Waals surface area (Å²) in [6.07, 6.45) is 1.47. The van der Waals surface area contributed by atoms with Crippen molar-refractivity contribution < 1.29 is 32.6 Å². The van der Waals surface area contributed by atoms with Crippen molar-refractivity contribution in [1.82, 2.24) is 4.90 Å². The van der Waals surface area contributed by atoms with E-state index in [0.29, 0.717) is 6.61 Å². The number of amides is 3. The lowest BCUT2D eigenvalue weighted by molar-refractivity contribution is 0.0475. The third kappa shape index (κ3) is 3.98. The van der Waals surface area contributed by atoms with Crippen LogP contribution in [0.5, 0.6) is 5.75 Å². The highest BCUT2D eigenvalue weighted by molar-refractivity contribution is 7.91. The van der Waals surface area contributed by atoms with Gasteiger partial charge in [0.05, 0.1) is 40.1 Å². The number of aromatic hydroxyl groups is 1. The van der Waals surface area contributed by atoms with Gasteiger partial charge in [-0.25, -0.2) is 8.42 Å². The number of benzene rings is 2. The number of carbonyl (C=O) groups excluding carboxylic acids is 3. The topological polar surface area (TPSA) is 130 Å². The summed E-state index contributed by atoms with van der Waals surface area (Å²) in [6.45, 7) is 2.26. The second-order valence-electron chi connectivity index (χ2n) is 7.65. The summed E-state index contributed by atoms with van der Waals surface area (Å²) >= 11 is 0. The Morgan fingerprint density at radius 3 is 2.59 bits per heavy atom. The molecule has 1 unspecified atom stereocenters. The number of nitrogens with zero attached hydrogens (tertiary/aromatic N) is 1. The SMILES string of the molecule is CCS(=O)(=O)c1ccc(O)c(NC(=O)c2ccc3c(c2)C(=O)N(CC2CCCO2)C3=O)c1. The van der Waals surface area contributed by atoms with Gasteiger partial charge < -0.3 is 15.2 Å². The van der Waals surface area contributed by atoms with Gasteiger partial charge in [0.15, 0.2) is 9.84 Å². The first-order chi connectivity index (χ1) is 15.2. The Bertz CT molecular complexity index is 1220. The van der Waals surface area contributed by atoms with Crippen LogP contribution in [0.2, 0.25) is 0 Å². The number of anilines is 1. The summed E-state index contributed by atoms with van der Waals surface area (Å²) in [5, 5.41) is 12.5. The molecular formula is C22H22N2O7S. The molecule has 2 N–H and O–H groups in total. The predicted molar refractivity (Wildman–Crippen MR) is 115 cm³/mol. The van der Waals surface area contributed by atoms with Gasteiger partial charge in [-0.15, -0.1) is 0 Å². The standard InChI is InChI=1S/C22H22N2O7S/c1-2-32(29,30)15-6-8-19(25)18(11-15)23-20(26)13-5-7-16-17(10-13)22(28)24(21(16)27)12-14-4-3-9-31-14/h5-8,10-11,14,25H,2-4,9,12H2,1H3,(H,23,26). The summed E-state index contributed by atoms with van der Waals surface area (Å²) in [4.78, 5) is 39.3. The predicted octanol–water partition coefficient (Wildman–Crippen LogP) is 2.21. The summed E-state index contributed by atoms with van der Waals surface area (Å²) in [7, 11) is -3.54. The lowest BCUT2D eigenvalue weighted by atomic mass is 10.1. The normalized spacial score (nSPS) is 18.2. The Labute approximate surface area is 184 Å². The van der Waals surface area contributed by atoms with Gasteiger partial charge in [0.1, 0.15) is 5.75 Å². The molecule has 0 saturated carbocycles. The maximum atomic E-state index is 12.8. The minimum Gasteiger partial charge on any atom is -0.506 e. The van der Waals surface area contributed by atoms with Crippen LogP contribution in [-0.4, -0.2) is 61.2 Å². The van der Waals surface area contributed by atoms with Crippen molar-refractivity contribution in [2.24, 2.45) is 0 Å². The van der Waals surface area contributed by atoms with Crippen LogP contribution in [0.25, 0.3) is 0 Å². The fraction of sp³-hybridized carbons (Fsp3) is 0.318. The van der Waals surface area contributed by atoms with Gasteiger partial charge in [-0.05, 0) is 49.2 Å². The second kappa shape index (κ2) is 8.36. The van der Waals surface area contributed by atoms with E-state index in [-0.39, 0.29) is 51.4 Å². The molecule has 168 valence electrons. The molecular weight excluding hydrogens is 436 g/mol. The van der Waals surface area contributed by atoms with Crippen LogP contribution in [0.4, 0.5) is 5.69 Å². The highest BCUT2D eigenvalue weighted by Gasteiger charge is 2.38. The van der Waals surface area contributed by atoms with Gasteiger partial charge in [-0.2, -0.15) is 0 Å². The van der Waals surface area contributed by atoms with E-state index < -0.39 is 27.6 Å². The number of fused-ring (bicyclic) bond motifs is 1. The van der Waals surface area contributed by atoms with Crippen molar-refractivity contribution in [2.75, 3.05) is 24.2 Å².